The molecule has 2 aromatic rings. The summed E-state index contributed by atoms with van der Waals surface area (Å²) in [6, 6.07) is 12.0. The third-order valence-corrected chi connectivity index (χ3v) is 3.31. The van der Waals surface area contributed by atoms with Crippen molar-refractivity contribution < 1.29 is 13.5 Å². The van der Waals surface area contributed by atoms with Gasteiger partial charge >= 0.3 is 6.61 Å². The van der Waals surface area contributed by atoms with Gasteiger partial charge < -0.3 is 10.1 Å². The van der Waals surface area contributed by atoms with Gasteiger partial charge in [-0.25, -0.2) is 0 Å². The van der Waals surface area contributed by atoms with Crippen LogP contribution >= 0.6 is 27.5 Å². The molecule has 0 fully saturated rings. The zero-order valence-corrected chi connectivity index (χ0v) is 12.6. The average molecular weight is 363 g/mol. The summed E-state index contributed by atoms with van der Waals surface area (Å²) in [5, 5.41) is 3.76. The third-order valence-electron chi connectivity index (χ3n) is 2.57. The molecule has 0 aliphatic rings. The fourth-order valence-electron chi connectivity index (χ4n) is 1.66. The molecule has 2 aromatic carbocycles. The van der Waals surface area contributed by atoms with E-state index in [1.54, 1.807) is 24.3 Å². The van der Waals surface area contributed by atoms with Gasteiger partial charge in [-0.05, 0) is 42.5 Å². The number of ether oxygens (including phenoxy) is 1. The smallest absolute Gasteiger partial charge is 0.387 e. The van der Waals surface area contributed by atoms with Crippen LogP contribution in [-0.4, -0.2) is 6.61 Å². The number of hydrogen-bond donors (Lipinski definition) is 1. The first-order chi connectivity index (χ1) is 9.54. The van der Waals surface area contributed by atoms with Crippen molar-refractivity contribution in [3.63, 3.8) is 0 Å². The van der Waals surface area contributed by atoms with Gasteiger partial charge in [-0.15, -0.1) is 0 Å². The predicted octanol–water partition coefficient (Wildman–Crippen LogP) is 5.32. The van der Waals surface area contributed by atoms with E-state index in [0.29, 0.717) is 17.1 Å². The average Bonchev–Trinajstić information content (AvgIpc) is 2.40. The Kier molecular flexibility index (Phi) is 5.20. The molecule has 0 atom stereocenters. The summed E-state index contributed by atoms with van der Waals surface area (Å²) < 4.78 is 30.0. The van der Waals surface area contributed by atoms with Crippen LogP contribution in [0.4, 0.5) is 14.5 Å². The monoisotopic (exact) mass is 361 g/mol. The Hall–Kier alpha value is -1.33. The summed E-state index contributed by atoms with van der Waals surface area (Å²) in [4.78, 5) is 0. The maximum absolute atomic E-state index is 12.3. The fourth-order valence-corrected chi connectivity index (χ4v) is 2.20. The van der Waals surface area contributed by atoms with Gasteiger partial charge in [0.15, 0.2) is 0 Å². The second-order valence-corrected chi connectivity index (χ2v) is 5.34. The maximum Gasteiger partial charge on any atom is 0.387 e. The lowest BCUT2D eigenvalue weighted by Crippen LogP contribution is -2.07. The minimum atomic E-state index is -2.84. The lowest BCUT2D eigenvalue weighted by molar-refractivity contribution is -0.0504. The molecule has 0 aliphatic carbocycles. The van der Waals surface area contributed by atoms with Gasteiger partial charge in [-0.1, -0.05) is 27.5 Å². The first kappa shape index (κ1) is 15.1. The molecule has 0 heterocycles. The highest BCUT2D eigenvalue weighted by molar-refractivity contribution is 9.10. The SMILES string of the molecule is FC(F)Oc1ccc(Br)cc1CNc1ccc(Cl)cc1. The molecule has 0 spiro atoms. The molecule has 0 bridgehead atoms. The number of alkyl halides is 2. The zero-order valence-electron chi connectivity index (χ0n) is 10.2. The normalized spacial score (nSPS) is 10.7. The lowest BCUT2D eigenvalue weighted by atomic mass is 10.2. The number of anilines is 1. The Balaban J connectivity index is 2.11. The summed E-state index contributed by atoms with van der Waals surface area (Å²) in [6.45, 7) is -2.48. The van der Waals surface area contributed by atoms with Crippen LogP contribution in [0, 0.1) is 0 Å². The van der Waals surface area contributed by atoms with Crippen LogP contribution in [0.2, 0.25) is 5.02 Å². The van der Waals surface area contributed by atoms with E-state index >= 15 is 0 Å². The van der Waals surface area contributed by atoms with E-state index in [-0.39, 0.29) is 5.75 Å². The van der Waals surface area contributed by atoms with Gasteiger partial charge in [-0.3, -0.25) is 0 Å². The minimum Gasteiger partial charge on any atom is -0.434 e. The molecule has 6 heteroatoms. The quantitative estimate of drug-likeness (QED) is 0.777. The summed E-state index contributed by atoms with van der Waals surface area (Å²) in [7, 11) is 0. The Labute approximate surface area is 128 Å². The molecule has 0 saturated carbocycles. The van der Waals surface area contributed by atoms with E-state index in [0.717, 1.165) is 10.2 Å². The second-order valence-electron chi connectivity index (χ2n) is 3.99. The standard InChI is InChI=1S/C14H11BrClF2NO/c15-10-1-6-13(20-14(17)18)9(7-10)8-19-12-4-2-11(16)3-5-12/h1-7,14,19H,8H2. The van der Waals surface area contributed by atoms with Crippen molar-refractivity contribution in [1.29, 1.82) is 0 Å². The predicted molar refractivity (Wildman–Crippen MR) is 79.6 cm³/mol. The highest BCUT2D eigenvalue weighted by Crippen LogP contribution is 2.26. The van der Waals surface area contributed by atoms with Crippen LogP contribution < -0.4 is 10.1 Å². The van der Waals surface area contributed by atoms with Crippen molar-refractivity contribution in [3.05, 3.63) is 57.5 Å². The van der Waals surface area contributed by atoms with E-state index in [9.17, 15) is 8.78 Å². The summed E-state index contributed by atoms with van der Waals surface area (Å²) in [5.41, 5.74) is 1.48. The van der Waals surface area contributed by atoms with Crippen LogP contribution in [0.1, 0.15) is 5.56 Å². The summed E-state index contributed by atoms with van der Waals surface area (Å²) in [5.74, 6) is 0.157. The highest BCUT2D eigenvalue weighted by atomic mass is 79.9. The minimum absolute atomic E-state index is 0.157. The molecule has 2 rings (SSSR count). The highest BCUT2D eigenvalue weighted by Gasteiger charge is 2.10. The van der Waals surface area contributed by atoms with E-state index in [1.807, 2.05) is 12.1 Å². The first-order valence-electron chi connectivity index (χ1n) is 5.77. The van der Waals surface area contributed by atoms with Gasteiger partial charge in [0.05, 0.1) is 0 Å². The van der Waals surface area contributed by atoms with Crippen molar-refractivity contribution in [2.24, 2.45) is 0 Å². The second kappa shape index (κ2) is 6.90. The molecule has 1 N–H and O–H groups in total. The number of benzene rings is 2. The first-order valence-corrected chi connectivity index (χ1v) is 6.94. The molecule has 20 heavy (non-hydrogen) atoms. The van der Waals surface area contributed by atoms with Crippen LogP contribution in [0.5, 0.6) is 5.75 Å². The van der Waals surface area contributed by atoms with Crippen LogP contribution in [-0.2, 0) is 6.54 Å². The summed E-state index contributed by atoms with van der Waals surface area (Å²) >= 11 is 9.10. The molecule has 2 nitrogen and oxygen atoms in total. The number of hydrogen-bond acceptors (Lipinski definition) is 2. The van der Waals surface area contributed by atoms with Crippen LogP contribution in [0.25, 0.3) is 0 Å². The van der Waals surface area contributed by atoms with Gasteiger partial charge in [-0.2, -0.15) is 8.78 Å². The molecule has 106 valence electrons. The van der Waals surface area contributed by atoms with Crippen molar-refractivity contribution in [2.45, 2.75) is 13.2 Å². The number of halogens is 4. The molecule has 0 aromatic heterocycles. The van der Waals surface area contributed by atoms with E-state index < -0.39 is 6.61 Å². The number of nitrogens with one attached hydrogen (secondary N) is 1. The third kappa shape index (κ3) is 4.35. The topological polar surface area (TPSA) is 21.3 Å². The fraction of sp³-hybridized carbons (Fsp3) is 0.143. The Morgan fingerprint density at radius 1 is 1.15 bits per heavy atom. The van der Waals surface area contributed by atoms with Crippen molar-refractivity contribution >= 4 is 33.2 Å². The van der Waals surface area contributed by atoms with Crippen LogP contribution in [0.3, 0.4) is 0 Å². The van der Waals surface area contributed by atoms with Crippen molar-refractivity contribution in [3.8, 4) is 5.75 Å². The Morgan fingerprint density at radius 3 is 2.50 bits per heavy atom. The Bertz CT molecular complexity index is 578. The van der Waals surface area contributed by atoms with Gasteiger partial charge in [0.1, 0.15) is 5.75 Å². The van der Waals surface area contributed by atoms with Crippen molar-refractivity contribution in [1.82, 2.24) is 0 Å². The lowest BCUT2D eigenvalue weighted by Gasteiger charge is -2.12. The zero-order chi connectivity index (χ0) is 14.5. The molecular weight excluding hydrogens is 352 g/mol. The molecule has 0 aliphatic heterocycles. The van der Waals surface area contributed by atoms with Gasteiger partial charge in [0.25, 0.3) is 0 Å². The van der Waals surface area contributed by atoms with Crippen LogP contribution in [0.15, 0.2) is 46.9 Å². The number of rotatable bonds is 5. The maximum atomic E-state index is 12.3. The molecular formula is C14H11BrClF2NO. The van der Waals surface area contributed by atoms with E-state index in [2.05, 4.69) is 26.0 Å². The molecule has 0 radical (unpaired) electrons. The van der Waals surface area contributed by atoms with Gasteiger partial charge in [0, 0.05) is 27.3 Å². The van der Waals surface area contributed by atoms with Gasteiger partial charge in [0.2, 0.25) is 0 Å². The molecule has 0 saturated heterocycles. The Morgan fingerprint density at radius 2 is 1.85 bits per heavy atom. The largest absolute Gasteiger partial charge is 0.434 e. The van der Waals surface area contributed by atoms with E-state index in [1.165, 1.54) is 6.07 Å². The van der Waals surface area contributed by atoms with E-state index in [4.69, 9.17) is 11.6 Å². The molecule has 0 unspecified atom stereocenters. The van der Waals surface area contributed by atoms with Crippen molar-refractivity contribution in [2.75, 3.05) is 5.32 Å². The summed E-state index contributed by atoms with van der Waals surface area (Å²) in [6.07, 6.45) is 0. The molecule has 0 amide bonds.